The average molecular weight is 367 g/mol. The number of aryl methyl sites for hydroxylation is 1. The number of anilines is 1. The first-order valence-corrected chi connectivity index (χ1v) is 9.24. The highest BCUT2D eigenvalue weighted by Crippen LogP contribution is 2.30. The number of fused-ring (bicyclic) bond motifs is 1. The third-order valence-corrected chi connectivity index (χ3v) is 5.17. The molecule has 1 aromatic carbocycles. The molecule has 7 heteroatoms. The molecule has 0 radical (unpaired) electrons. The summed E-state index contributed by atoms with van der Waals surface area (Å²) in [4.78, 5) is 7.20. The number of likely N-dealkylation sites (tertiary alicyclic amines) is 1. The van der Waals surface area contributed by atoms with Gasteiger partial charge in [-0.1, -0.05) is 6.07 Å². The van der Waals surface area contributed by atoms with Crippen LogP contribution in [0.4, 0.5) is 5.82 Å². The summed E-state index contributed by atoms with van der Waals surface area (Å²) in [5.74, 6) is 1.65. The monoisotopic (exact) mass is 367 g/mol. The van der Waals surface area contributed by atoms with Crippen molar-refractivity contribution in [2.45, 2.75) is 32.2 Å². The SMILES string of the molecule is COc1ccc(CN2CCC[C@H](c3cc(N)n4nc(C)cc4n3)C2)cc1O. The van der Waals surface area contributed by atoms with Crippen molar-refractivity contribution in [2.24, 2.45) is 0 Å². The van der Waals surface area contributed by atoms with E-state index in [1.54, 1.807) is 17.7 Å². The third-order valence-electron chi connectivity index (χ3n) is 5.17. The standard InChI is InChI=1S/C20H25N5O2/c1-13-8-20-22-16(10-19(21)25(20)23-13)15-4-3-7-24(12-15)11-14-5-6-18(27-2)17(26)9-14/h5-6,8-10,15,26H,3-4,7,11-12,21H2,1-2H3/t15-/m0/s1. The number of nitrogens with two attached hydrogens (primary N) is 1. The summed E-state index contributed by atoms with van der Waals surface area (Å²) in [5.41, 5.74) is 10.0. The summed E-state index contributed by atoms with van der Waals surface area (Å²) in [6, 6.07) is 9.50. The molecule has 27 heavy (non-hydrogen) atoms. The number of phenols is 1. The molecule has 0 spiro atoms. The highest BCUT2D eigenvalue weighted by molar-refractivity contribution is 5.48. The van der Waals surface area contributed by atoms with Crippen molar-refractivity contribution in [3.05, 3.63) is 47.3 Å². The molecule has 3 heterocycles. The van der Waals surface area contributed by atoms with Crippen LogP contribution in [0, 0.1) is 6.92 Å². The number of phenolic OH excluding ortho intramolecular Hbond substituents is 1. The number of nitrogens with zero attached hydrogens (tertiary/aromatic N) is 4. The van der Waals surface area contributed by atoms with Crippen molar-refractivity contribution in [1.29, 1.82) is 0 Å². The molecular formula is C20H25N5O2. The van der Waals surface area contributed by atoms with E-state index in [2.05, 4.69) is 10.00 Å². The molecule has 1 fully saturated rings. The average Bonchev–Trinajstić information content (AvgIpc) is 3.03. The van der Waals surface area contributed by atoms with E-state index in [0.717, 1.165) is 55.1 Å². The van der Waals surface area contributed by atoms with Gasteiger partial charge in [-0.25, -0.2) is 4.98 Å². The van der Waals surface area contributed by atoms with Crippen molar-refractivity contribution in [2.75, 3.05) is 25.9 Å². The first kappa shape index (κ1) is 17.6. The fourth-order valence-corrected chi connectivity index (χ4v) is 3.87. The summed E-state index contributed by atoms with van der Waals surface area (Å²) in [7, 11) is 1.56. The Morgan fingerprint density at radius 1 is 1.30 bits per heavy atom. The smallest absolute Gasteiger partial charge is 0.160 e. The molecule has 0 aliphatic carbocycles. The molecule has 0 amide bonds. The van der Waals surface area contributed by atoms with Crippen LogP contribution in [0.15, 0.2) is 30.3 Å². The van der Waals surface area contributed by atoms with E-state index in [0.29, 0.717) is 17.5 Å². The van der Waals surface area contributed by atoms with Gasteiger partial charge in [0.25, 0.3) is 0 Å². The molecule has 0 saturated carbocycles. The molecule has 3 N–H and O–H groups in total. The Labute approximate surface area is 158 Å². The Hall–Kier alpha value is -2.80. The molecule has 142 valence electrons. The second kappa shape index (κ2) is 7.08. The Kier molecular flexibility index (Phi) is 4.61. The largest absolute Gasteiger partial charge is 0.504 e. The number of aromatic nitrogens is 3. The van der Waals surface area contributed by atoms with Gasteiger partial charge < -0.3 is 15.6 Å². The topological polar surface area (TPSA) is 88.9 Å². The molecule has 7 nitrogen and oxygen atoms in total. The van der Waals surface area contributed by atoms with E-state index in [1.807, 2.05) is 31.2 Å². The second-order valence-electron chi connectivity index (χ2n) is 7.24. The maximum absolute atomic E-state index is 10.0. The number of methoxy groups -OCH3 is 1. The quantitative estimate of drug-likeness (QED) is 0.737. The normalized spacial score (nSPS) is 18.1. The number of piperidine rings is 1. The van der Waals surface area contributed by atoms with E-state index >= 15 is 0 Å². The highest BCUT2D eigenvalue weighted by Gasteiger charge is 2.24. The van der Waals surface area contributed by atoms with Gasteiger partial charge in [-0.05, 0) is 44.0 Å². The van der Waals surface area contributed by atoms with Gasteiger partial charge in [0.05, 0.1) is 18.5 Å². The summed E-state index contributed by atoms with van der Waals surface area (Å²) in [6.45, 7) is 4.69. The second-order valence-corrected chi connectivity index (χ2v) is 7.24. The number of hydrogen-bond donors (Lipinski definition) is 2. The Morgan fingerprint density at radius 3 is 2.93 bits per heavy atom. The van der Waals surface area contributed by atoms with Gasteiger partial charge in [-0.15, -0.1) is 0 Å². The minimum Gasteiger partial charge on any atom is -0.504 e. The molecule has 1 saturated heterocycles. The predicted octanol–water partition coefficient (Wildman–Crippen LogP) is 2.71. The molecule has 4 rings (SSSR count). The molecule has 1 atom stereocenters. The van der Waals surface area contributed by atoms with Gasteiger partial charge in [0, 0.05) is 31.1 Å². The molecule has 1 aliphatic rings. The van der Waals surface area contributed by atoms with Crippen LogP contribution in [0.2, 0.25) is 0 Å². The summed E-state index contributed by atoms with van der Waals surface area (Å²) in [5, 5.41) is 14.4. The van der Waals surface area contributed by atoms with Gasteiger partial charge in [-0.3, -0.25) is 4.90 Å². The molecule has 1 aliphatic heterocycles. The van der Waals surface area contributed by atoms with Crippen molar-refractivity contribution in [3.63, 3.8) is 0 Å². The zero-order valence-corrected chi connectivity index (χ0v) is 15.7. The van der Waals surface area contributed by atoms with Crippen LogP contribution in [0.1, 0.15) is 35.7 Å². The van der Waals surface area contributed by atoms with Gasteiger partial charge in [0.2, 0.25) is 0 Å². The Balaban J connectivity index is 1.52. The molecule has 0 bridgehead atoms. The number of hydrogen-bond acceptors (Lipinski definition) is 6. The lowest BCUT2D eigenvalue weighted by Crippen LogP contribution is -2.34. The maximum Gasteiger partial charge on any atom is 0.160 e. The Morgan fingerprint density at radius 2 is 2.15 bits per heavy atom. The van der Waals surface area contributed by atoms with Crippen LogP contribution in [0.25, 0.3) is 5.65 Å². The third kappa shape index (κ3) is 3.55. The Bertz CT molecular complexity index is 968. The number of ether oxygens (including phenoxy) is 1. The van der Waals surface area contributed by atoms with E-state index in [1.165, 1.54) is 0 Å². The highest BCUT2D eigenvalue weighted by atomic mass is 16.5. The van der Waals surface area contributed by atoms with Crippen LogP contribution >= 0.6 is 0 Å². The van der Waals surface area contributed by atoms with Crippen molar-refractivity contribution >= 4 is 11.5 Å². The van der Waals surface area contributed by atoms with E-state index in [4.69, 9.17) is 15.5 Å². The van der Waals surface area contributed by atoms with Gasteiger partial charge in [0.15, 0.2) is 17.1 Å². The van der Waals surface area contributed by atoms with Crippen LogP contribution in [0.5, 0.6) is 11.5 Å². The zero-order valence-electron chi connectivity index (χ0n) is 15.7. The van der Waals surface area contributed by atoms with Crippen LogP contribution in [-0.2, 0) is 6.54 Å². The van der Waals surface area contributed by atoms with Gasteiger partial charge in [-0.2, -0.15) is 9.61 Å². The van der Waals surface area contributed by atoms with Crippen molar-refractivity contribution in [3.8, 4) is 11.5 Å². The maximum atomic E-state index is 10.0. The lowest BCUT2D eigenvalue weighted by Gasteiger charge is -2.32. The lowest BCUT2D eigenvalue weighted by molar-refractivity contribution is 0.198. The molecule has 3 aromatic rings. The first-order valence-electron chi connectivity index (χ1n) is 9.24. The minimum absolute atomic E-state index is 0.180. The summed E-state index contributed by atoms with van der Waals surface area (Å²) < 4.78 is 6.82. The fraction of sp³-hybridized carbons (Fsp3) is 0.400. The zero-order chi connectivity index (χ0) is 19.0. The molecule has 2 aromatic heterocycles. The summed E-state index contributed by atoms with van der Waals surface area (Å²) >= 11 is 0. The molecular weight excluding hydrogens is 342 g/mol. The number of benzene rings is 1. The number of aromatic hydroxyl groups is 1. The number of rotatable bonds is 4. The predicted molar refractivity (Wildman–Crippen MR) is 104 cm³/mol. The van der Waals surface area contributed by atoms with E-state index in [9.17, 15) is 5.11 Å². The van der Waals surface area contributed by atoms with Gasteiger partial charge in [0.1, 0.15) is 5.82 Å². The fourth-order valence-electron chi connectivity index (χ4n) is 3.87. The van der Waals surface area contributed by atoms with Crippen molar-refractivity contribution < 1.29 is 9.84 Å². The van der Waals surface area contributed by atoms with E-state index < -0.39 is 0 Å². The van der Waals surface area contributed by atoms with Crippen LogP contribution in [0.3, 0.4) is 0 Å². The molecule has 0 unspecified atom stereocenters. The lowest BCUT2D eigenvalue weighted by atomic mass is 9.94. The van der Waals surface area contributed by atoms with Gasteiger partial charge >= 0.3 is 0 Å². The summed E-state index contributed by atoms with van der Waals surface area (Å²) in [6.07, 6.45) is 2.21. The van der Waals surface area contributed by atoms with Crippen LogP contribution < -0.4 is 10.5 Å². The van der Waals surface area contributed by atoms with E-state index in [-0.39, 0.29) is 5.75 Å². The number of nitrogen functional groups attached to an aromatic ring is 1. The van der Waals surface area contributed by atoms with Crippen molar-refractivity contribution in [1.82, 2.24) is 19.5 Å². The van der Waals surface area contributed by atoms with Crippen LogP contribution in [-0.4, -0.2) is 44.8 Å². The first-order chi connectivity index (χ1) is 13.0. The minimum atomic E-state index is 0.180.